The lowest BCUT2D eigenvalue weighted by Gasteiger charge is -2.33. The van der Waals surface area contributed by atoms with E-state index in [9.17, 15) is 14.7 Å². The van der Waals surface area contributed by atoms with Crippen LogP contribution < -0.4 is 16.0 Å². The maximum absolute atomic E-state index is 12.7. The number of aromatic nitrogens is 1. The van der Waals surface area contributed by atoms with Crippen LogP contribution in [0.1, 0.15) is 58.2 Å². The molecule has 0 saturated heterocycles. The molecule has 0 aliphatic heterocycles. The molecule has 7 nitrogen and oxygen atoms in total. The zero-order valence-corrected chi connectivity index (χ0v) is 20.6. The van der Waals surface area contributed by atoms with Crippen LogP contribution in [0, 0.1) is 6.92 Å². The van der Waals surface area contributed by atoms with Gasteiger partial charge in [-0.25, -0.2) is 4.98 Å². The molecular formula is C25H27ClN4O3S. The molecule has 1 aromatic heterocycles. The van der Waals surface area contributed by atoms with Gasteiger partial charge in [0.1, 0.15) is 4.88 Å². The van der Waals surface area contributed by atoms with E-state index in [1.54, 1.807) is 24.3 Å². The molecule has 1 aliphatic rings. The minimum absolute atomic E-state index is 0.0612. The number of carbonyl (C=O) groups is 2. The fourth-order valence-corrected chi connectivity index (χ4v) is 4.92. The van der Waals surface area contributed by atoms with Gasteiger partial charge in [-0.3, -0.25) is 9.59 Å². The highest BCUT2D eigenvalue weighted by atomic mass is 35.5. The molecule has 0 spiro atoms. The van der Waals surface area contributed by atoms with E-state index in [-0.39, 0.29) is 17.9 Å². The Bertz CT molecular complexity index is 1180. The zero-order chi connectivity index (χ0) is 24.3. The molecule has 0 unspecified atom stereocenters. The number of anilines is 3. The Morgan fingerprint density at radius 1 is 1.15 bits per heavy atom. The van der Waals surface area contributed by atoms with Crippen LogP contribution >= 0.6 is 22.9 Å². The predicted octanol–water partition coefficient (Wildman–Crippen LogP) is 5.52. The van der Waals surface area contributed by atoms with Crippen molar-refractivity contribution in [2.45, 2.75) is 51.2 Å². The van der Waals surface area contributed by atoms with E-state index in [1.807, 2.05) is 32.0 Å². The first-order chi connectivity index (χ1) is 16.2. The molecule has 178 valence electrons. The Labute approximate surface area is 207 Å². The average molecular weight is 499 g/mol. The molecule has 9 heteroatoms. The zero-order valence-electron chi connectivity index (χ0n) is 19.0. The molecule has 0 bridgehead atoms. The van der Waals surface area contributed by atoms with E-state index in [1.165, 1.54) is 17.5 Å². The van der Waals surface area contributed by atoms with Crippen molar-refractivity contribution >= 4 is 51.3 Å². The third-order valence-corrected chi connectivity index (χ3v) is 7.19. The molecular weight excluding hydrogens is 472 g/mol. The van der Waals surface area contributed by atoms with Gasteiger partial charge in [0.05, 0.1) is 22.5 Å². The van der Waals surface area contributed by atoms with Gasteiger partial charge in [-0.05, 0) is 69.4 Å². The van der Waals surface area contributed by atoms with E-state index in [0.717, 1.165) is 18.4 Å². The normalized spacial score (nSPS) is 19.9. The van der Waals surface area contributed by atoms with Gasteiger partial charge in [0.15, 0.2) is 5.13 Å². The molecule has 2 amide bonds. The summed E-state index contributed by atoms with van der Waals surface area (Å²) in [6.07, 6.45) is 4.37. The quantitative estimate of drug-likeness (QED) is 0.358. The molecule has 4 rings (SSSR count). The Hall–Kier alpha value is -2.94. The highest BCUT2D eigenvalue weighted by molar-refractivity contribution is 7.17. The first-order valence-corrected chi connectivity index (χ1v) is 12.3. The number of nitrogens with one attached hydrogen (secondary N) is 3. The van der Waals surface area contributed by atoms with Gasteiger partial charge >= 0.3 is 0 Å². The molecule has 0 atom stereocenters. The van der Waals surface area contributed by atoms with Gasteiger partial charge in [0.2, 0.25) is 0 Å². The Kier molecular flexibility index (Phi) is 7.21. The SMILES string of the molecule is Cc1cccc(Cl)c1NC(=O)c1cnc(Nc2cccc(C(=O)N[C@H]3CC[C@](C)(O)CC3)c2)s1. The second kappa shape index (κ2) is 10.1. The topological polar surface area (TPSA) is 103 Å². The smallest absolute Gasteiger partial charge is 0.267 e. The van der Waals surface area contributed by atoms with Crippen LogP contribution in [-0.2, 0) is 0 Å². The number of carbonyl (C=O) groups excluding carboxylic acids is 2. The van der Waals surface area contributed by atoms with Gasteiger partial charge in [0, 0.05) is 17.3 Å². The molecule has 1 heterocycles. The highest BCUT2D eigenvalue weighted by Crippen LogP contribution is 2.29. The molecule has 3 aromatic rings. The van der Waals surface area contributed by atoms with E-state index in [4.69, 9.17) is 11.6 Å². The number of nitrogens with zero attached hydrogens (tertiary/aromatic N) is 1. The number of aliphatic hydroxyl groups is 1. The van der Waals surface area contributed by atoms with Gasteiger partial charge in [-0.2, -0.15) is 0 Å². The van der Waals surface area contributed by atoms with Crippen molar-refractivity contribution in [2.24, 2.45) is 0 Å². The van der Waals surface area contributed by atoms with Crippen LogP contribution in [0.3, 0.4) is 0 Å². The number of halogens is 1. The number of hydrogen-bond acceptors (Lipinski definition) is 6. The Morgan fingerprint density at radius 3 is 2.62 bits per heavy atom. The lowest BCUT2D eigenvalue weighted by atomic mass is 9.83. The van der Waals surface area contributed by atoms with Gasteiger partial charge in [0.25, 0.3) is 11.8 Å². The second-order valence-corrected chi connectivity index (χ2v) is 10.3. The lowest BCUT2D eigenvalue weighted by molar-refractivity contribution is 0.0140. The maximum atomic E-state index is 12.7. The number of benzene rings is 2. The molecule has 2 aromatic carbocycles. The minimum atomic E-state index is -0.638. The van der Waals surface area contributed by atoms with E-state index < -0.39 is 5.60 Å². The molecule has 34 heavy (non-hydrogen) atoms. The molecule has 0 radical (unpaired) electrons. The first kappa shape index (κ1) is 24.2. The third kappa shape index (κ3) is 5.94. The molecule has 1 aliphatic carbocycles. The number of hydrogen-bond donors (Lipinski definition) is 4. The highest BCUT2D eigenvalue weighted by Gasteiger charge is 2.29. The van der Waals surface area contributed by atoms with Crippen LogP contribution in [-0.4, -0.2) is 33.5 Å². The predicted molar refractivity (Wildman–Crippen MR) is 136 cm³/mol. The van der Waals surface area contributed by atoms with Gasteiger partial charge in [-0.15, -0.1) is 0 Å². The van der Waals surface area contributed by atoms with Crippen molar-refractivity contribution in [1.29, 1.82) is 0 Å². The summed E-state index contributed by atoms with van der Waals surface area (Å²) in [6, 6.07) is 12.6. The summed E-state index contributed by atoms with van der Waals surface area (Å²) >= 11 is 7.41. The summed E-state index contributed by atoms with van der Waals surface area (Å²) < 4.78 is 0. The first-order valence-electron chi connectivity index (χ1n) is 11.1. The standard InChI is InChI=1S/C25H27ClN4O3S/c1-15-5-3-8-19(26)21(15)30-23(32)20-14-27-24(34-20)29-18-7-4-6-16(13-18)22(31)28-17-9-11-25(2,33)12-10-17/h3-8,13-14,17,33H,9-12H2,1-2H3,(H,27,29)(H,28,31)(H,30,32)/t17-,25-. The van der Waals surface area contributed by atoms with Crippen molar-refractivity contribution in [3.05, 3.63) is 69.7 Å². The summed E-state index contributed by atoms with van der Waals surface area (Å²) in [5.41, 5.74) is 2.05. The number of amides is 2. The van der Waals surface area contributed by atoms with Gasteiger partial charge < -0.3 is 21.1 Å². The van der Waals surface area contributed by atoms with Crippen LogP contribution in [0.2, 0.25) is 5.02 Å². The molecule has 1 saturated carbocycles. The lowest BCUT2D eigenvalue weighted by Crippen LogP contribution is -2.42. The minimum Gasteiger partial charge on any atom is -0.390 e. The second-order valence-electron chi connectivity index (χ2n) is 8.87. The third-order valence-electron chi connectivity index (χ3n) is 5.96. The summed E-state index contributed by atoms with van der Waals surface area (Å²) in [7, 11) is 0. The van der Waals surface area contributed by atoms with E-state index >= 15 is 0 Å². The number of thiazole rings is 1. The largest absolute Gasteiger partial charge is 0.390 e. The van der Waals surface area contributed by atoms with Crippen molar-refractivity contribution in [3.8, 4) is 0 Å². The van der Waals surface area contributed by atoms with Gasteiger partial charge in [-0.1, -0.05) is 41.1 Å². The summed E-state index contributed by atoms with van der Waals surface area (Å²) in [5.74, 6) is -0.439. The number of para-hydroxylation sites is 1. The number of rotatable bonds is 6. The van der Waals surface area contributed by atoms with Crippen molar-refractivity contribution < 1.29 is 14.7 Å². The van der Waals surface area contributed by atoms with E-state index in [2.05, 4.69) is 20.9 Å². The maximum Gasteiger partial charge on any atom is 0.267 e. The van der Waals surface area contributed by atoms with Crippen molar-refractivity contribution in [1.82, 2.24) is 10.3 Å². The Balaban J connectivity index is 1.38. The van der Waals surface area contributed by atoms with E-state index in [0.29, 0.717) is 44.8 Å². The fourth-order valence-electron chi connectivity index (χ4n) is 3.92. The summed E-state index contributed by atoms with van der Waals surface area (Å²) in [6.45, 7) is 3.72. The molecule has 4 N–H and O–H groups in total. The monoisotopic (exact) mass is 498 g/mol. The summed E-state index contributed by atoms with van der Waals surface area (Å²) in [4.78, 5) is 30.1. The van der Waals surface area contributed by atoms with Crippen molar-refractivity contribution in [3.63, 3.8) is 0 Å². The summed E-state index contributed by atoms with van der Waals surface area (Å²) in [5, 5.41) is 20.2. The van der Waals surface area contributed by atoms with Crippen LogP contribution in [0.15, 0.2) is 48.7 Å². The van der Waals surface area contributed by atoms with Crippen molar-refractivity contribution in [2.75, 3.05) is 10.6 Å². The molecule has 1 fully saturated rings. The number of aryl methyl sites for hydroxylation is 1. The van der Waals surface area contributed by atoms with Crippen LogP contribution in [0.5, 0.6) is 0 Å². The van der Waals surface area contributed by atoms with Crippen LogP contribution in [0.25, 0.3) is 0 Å². The fraction of sp³-hybridized carbons (Fsp3) is 0.320. The Morgan fingerprint density at radius 2 is 1.88 bits per heavy atom. The average Bonchev–Trinajstić information content (AvgIpc) is 3.26. The van der Waals surface area contributed by atoms with Crippen LogP contribution in [0.4, 0.5) is 16.5 Å².